The molecule has 1 aromatic carbocycles. The summed E-state index contributed by atoms with van der Waals surface area (Å²) in [6.07, 6.45) is 13.6. The molecule has 0 aliphatic heterocycles. The number of benzene rings is 1. The first kappa shape index (κ1) is 20.0. The van der Waals surface area contributed by atoms with Gasteiger partial charge in [-0.1, -0.05) is 18.9 Å². The molecule has 2 aliphatic rings. The summed E-state index contributed by atoms with van der Waals surface area (Å²) in [5, 5.41) is 0. The van der Waals surface area contributed by atoms with Crippen LogP contribution in [0.2, 0.25) is 0 Å². The van der Waals surface area contributed by atoms with Gasteiger partial charge >= 0.3 is 5.97 Å². The summed E-state index contributed by atoms with van der Waals surface area (Å²) >= 11 is 0. The molecule has 3 rings (SSSR count). The first-order valence-corrected chi connectivity index (χ1v) is 10.3. The lowest BCUT2D eigenvalue weighted by molar-refractivity contribution is 0.0109. The summed E-state index contributed by atoms with van der Waals surface area (Å²) in [4.78, 5) is 12.2. The molecule has 0 heterocycles. The topological polar surface area (TPSA) is 26.3 Å². The minimum Gasteiger partial charge on any atom is -0.459 e. The lowest BCUT2D eigenvalue weighted by atomic mass is 9.70. The van der Waals surface area contributed by atoms with Crippen LogP contribution in [-0.4, -0.2) is 12.1 Å². The van der Waals surface area contributed by atoms with Crippen molar-refractivity contribution >= 4 is 5.97 Å². The second-order valence-electron chi connectivity index (χ2n) is 8.22. The number of esters is 1. The highest BCUT2D eigenvalue weighted by atomic mass is 19.2. The largest absolute Gasteiger partial charge is 0.459 e. The SMILES string of the molecule is C=CCCC1CCC(C2CCC(OC(=O)c3ccc(F)c(F)c3)CC2)CC1. The van der Waals surface area contributed by atoms with Crippen LogP contribution >= 0.6 is 0 Å². The number of rotatable bonds is 6. The molecule has 0 saturated heterocycles. The normalized spacial score (nSPS) is 28.5. The van der Waals surface area contributed by atoms with Gasteiger partial charge in [-0.3, -0.25) is 0 Å². The van der Waals surface area contributed by atoms with Crippen LogP contribution < -0.4 is 0 Å². The molecule has 148 valence electrons. The van der Waals surface area contributed by atoms with Gasteiger partial charge in [-0.05, 0) is 87.3 Å². The van der Waals surface area contributed by atoms with E-state index < -0.39 is 17.6 Å². The van der Waals surface area contributed by atoms with Crippen LogP contribution in [0.4, 0.5) is 8.78 Å². The van der Waals surface area contributed by atoms with E-state index in [0.717, 1.165) is 62.0 Å². The van der Waals surface area contributed by atoms with E-state index in [0.29, 0.717) is 0 Å². The van der Waals surface area contributed by atoms with Gasteiger partial charge < -0.3 is 4.74 Å². The fourth-order valence-corrected chi connectivity index (χ4v) is 4.82. The molecule has 0 bridgehead atoms. The molecule has 1 aromatic rings. The lowest BCUT2D eigenvalue weighted by Gasteiger charge is -2.37. The lowest BCUT2D eigenvalue weighted by Crippen LogP contribution is -2.29. The maximum Gasteiger partial charge on any atom is 0.338 e. The van der Waals surface area contributed by atoms with E-state index in [1.165, 1.54) is 38.2 Å². The van der Waals surface area contributed by atoms with Crippen LogP contribution in [0.15, 0.2) is 30.9 Å². The third kappa shape index (κ3) is 5.40. The second kappa shape index (κ2) is 9.48. The van der Waals surface area contributed by atoms with E-state index in [2.05, 4.69) is 6.58 Å². The smallest absolute Gasteiger partial charge is 0.338 e. The molecule has 2 saturated carbocycles. The molecule has 0 N–H and O–H groups in total. The summed E-state index contributed by atoms with van der Waals surface area (Å²) in [6, 6.07) is 3.15. The molecule has 0 atom stereocenters. The van der Waals surface area contributed by atoms with Gasteiger partial charge in [0.1, 0.15) is 6.10 Å². The monoisotopic (exact) mass is 376 g/mol. The third-order valence-corrected chi connectivity index (χ3v) is 6.48. The summed E-state index contributed by atoms with van der Waals surface area (Å²) < 4.78 is 31.8. The second-order valence-corrected chi connectivity index (χ2v) is 8.22. The van der Waals surface area contributed by atoms with Gasteiger partial charge in [0.05, 0.1) is 5.56 Å². The zero-order chi connectivity index (χ0) is 19.2. The van der Waals surface area contributed by atoms with Gasteiger partial charge in [0.25, 0.3) is 0 Å². The predicted octanol–water partition coefficient (Wildman–Crippen LogP) is 6.45. The van der Waals surface area contributed by atoms with Crippen molar-refractivity contribution in [1.29, 1.82) is 0 Å². The Labute approximate surface area is 161 Å². The van der Waals surface area contributed by atoms with Crippen LogP contribution in [0.5, 0.6) is 0 Å². The summed E-state index contributed by atoms with van der Waals surface area (Å²) in [5.41, 5.74) is 0.0777. The van der Waals surface area contributed by atoms with Gasteiger partial charge in [0, 0.05) is 0 Å². The van der Waals surface area contributed by atoms with E-state index in [-0.39, 0.29) is 11.7 Å². The zero-order valence-corrected chi connectivity index (χ0v) is 16.0. The van der Waals surface area contributed by atoms with Crippen molar-refractivity contribution in [1.82, 2.24) is 0 Å². The van der Waals surface area contributed by atoms with Crippen LogP contribution in [0, 0.1) is 29.4 Å². The van der Waals surface area contributed by atoms with Crippen LogP contribution in [0.25, 0.3) is 0 Å². The summed E-state index contributed by atoms with van der Waals surface area (Å²) in [7, 11) is 0. The molecule has 2 aliphatic carbocycles. The number of carbonyl (C=O) groups excluding carboxylic acids is 1. The molecular weight excluding hydrogens is 346 g/mol. The minimum atomic E-state index is -1.02. The number of hydrogen-bond donors (Lipinski definition) is 0. The van der Waals surface area contributed by atoms with Gasteiger partial charge in [0.15, 0.2) is 11.6 Å². The van der Waals surface area contributed by atoms with Gasteiger partial charge in [0.2, 0.25) is 0 Å². The van der Waals surface area contributed by atoms with Crippen molar-refractivity contribution < 1.29 is 18.3 Å². The Morgan fingerprint density at radius 1 is 1.00 bits per heavy atom. The zero-order valence-electron chi connectivity index (χ0n) is 16.0. The third-order valence-electron chi connectivity index (χ3n) is 6.48. The number of allylic oxidation sites excluding steroid dienone is 1. The number of halogens is 2. The van der Waals surface area contributed by atoms with Gasteiger partial charge in [-0.25, -0.2) is 13.6 Å². The number of ether oxygens (including phenoxy) is 1. The van der Waals surface area contributed by atoms with E-state index in [4.69, 9.17) is 4.74 Å². The highest BCUT2D eigenvalue weighted by Crippen LogP contribution is 2.41. The number of hydrogen-bond acceptors (Lipinski definition) is 2. The molecule has 0 amide bonds. The molecule has 4 heteroatoms. The molecule has 0 unspecified atom stereocenters. The quantitative estimate of drug-likeness (QED) is 0.421. The Bertz CT molecular complexity index is 642. The number of carbonyl (C=O) groups is 1. The fraction of sp³-hybridized carbons (Fsp3) is 0.609. The molecule has 0 radical (unpaired) electrons. The first-order valence-electron chi connectivity index (χ1n) is 10.3. The molecule has 0 aromatic heterocycles. The van der Waals surface area contributed by atoms with E-state index in [1.54, 1.807) is 0 Å². The Kier molecular flexibility index (Phi) is 7.03. The predicted molar refractivity (Wildman–Crippen MR) is 102 cm³/mol. The maximum atomic E-state index is 13.3. The standard InChI is InChI=1S/C23H30F2O2/c1-2-3-4-16-5-7-17(8-6-16)18-9-12-20(13-10-18)27-23(26)19-11-14-21(24)22(25)15-19/h2,11,14-18,20H,1,3-10,12-13H2. The maximum absolute atomic E-state index is 13.3. The Morgan fingerprint density at radius 2 is 1.63 bits per heavy atom. The van der Waals surface area contributed by atoms with Crippen molar-refractivity contribution in [3.63, 3.8) is 0 Å². The minimum absolute atomic E-state index is 0.0777. The summed E-state index contributed by atoms with van der Waals surface area (Å²) in [5.74, 6) is -0.104. The van der Waals surface area contributed by atoms with Crippen molar-refractivity contribution in [2.45, 2.75) is 70.3 Å². The Balaban J connectivity index is 1.42. The Morgan fingerprint density at radius 3 is 2.22 bits per heavy atom. The van der Waals surface area contributed by atoms with Crippen molar-refractivity contribution in [3.8, 4) is 0 Å². The molecule has 2 nitrogen and oxygen atoms in total. The van der Waals surface area contributed by atoms with Gasteiger partial charge in [-0.2, -0.15) is 0 Å². The molecule has 2 fully saturated rings. The first-order chi connectivity index (χ1) is 13.1. The van der Waals surface area contributed by atoms with Crippen molar-refractivity contribution in [2.75, 3.05) is 0 Å². The van der Waals surface area contributed by atoms with Crippen LogP contribution in [0.3, 0.4) is 0 Å². The molecular formula is C23H30F2O2. The van der Waals surface area contributed by atoms with Crippen molar-refractivity contribution in [2.24, 2.45) is 17.8 Å². The van der Waals surface area contributed by atoms with E-state index in [9.17, 15) is 13.6 Å². The van der Waals surface area contributed by atoms with Crippen LogP contribution in [-0.2, 0) is 4.74 Å². The highest BCUT2D eigenvalue weighted by Gasteiger charge is 2.32. The molecule has 27 heavy (non-hydrogen) atoms. The fourth-order valence-electron chi connectivity index (χ4n) is 4.82. The highest BCUT2D eigenvalue weighted by molar-refractivity contribution is 5.89. The van der Waals surface area contributed by atoms with E-state index in [1.807, 2.05) is 6.08 Å². The molecule has 0 spiro atoms. The van der Waals surface area contributed by atoms with Crippen LogP contribution in [0.1, 0.15) is 74.6 Å². The van der Waals surface area contributed by atoms with Gasteiger partial charge in [-0.15, -0.1) is 6.58 Å². The average Bonchev–Trinajstić information content (AvgIpc) is 2.69. The van der Waals surface area contributed by atoms with Crippen molar-refractivity contribution in [3.05, 3.63) is 48.1 Å². The average molecular weight is 376 g/mol. The van der Waals surface area contributed by atoms with E-state index >= 15 is 0 Å². The summed E-state index contributed by atoms with van der Waals surface area (Å²) in [6.45, 7) is 3.82. The Hall–Kier alpha value is -1.71.